The minimum atomic E-state index is -3.57. The molecule has 3 heterocycles. The van der Waals surface area contributed by atoms with Gasteiger partial charge in [0.1, 0.15) is 5.15 Å². The molecule has 1 amide bonds. The molecule has 0 saturated carbocycles. The van der Waals surface area contributed by atoms with Crippen molar-refractivity contribution < 1.29 is 13.2 Å². The zero-order valence-corrected chi connectivity index (χ0v) is 19.3. The van der Waals surface area contributed by atoms with Gasteiger partial charge in [-0.3, -0.25) is 9.52 Å². The number of hydrogen-bond donors (Lipinski definition) is 1. The van der Waals surface area contributed by atoms with Gasteiger partial charge in [-0.2, -0.15) is 5.10 Å². The quantitative estimate of drug-likeness (QED) is 0.566. The van der Waals surface area contributed by atoms with Crippen molar-refractivity contribution in [2.75, 3.05) is 17.5 Å². The van der Waals surface area contributed by atoms with Gasteiger partial charge in [0.2, 0.25) is 10.0 Å². The maximum Gasteiger partial charge on any atom is 0.256 e. The van der Waals surface area contributed by atoms with E-state index in [1.54, 1.807) is 21.7 Å². The summed E-state index contributed by atoms with van der Waals surface area (Å²) in [7, 11) is -3.57. The molecular weight excluding hydrogens is 461 g/mol. The number of rotatable bonds is 4. The lowest BCUT2D eigenvalue weighted by atomic mass is 9.98. The molecule has 4 rings (SSSR count). The van der Waals surface area contributed by atoms with E-state index in [4.69, 9.17) is 23.2 Å². The number of aryl methyl sites for hydroxylation is 1. The summed E-state index contributed by atoms with van der Waals surface area (Å²) in [6.07, 6.45) is 5.36. The van der Waals surface area contributed by atoms with Gasteiger partial charge in [0, 0.05) is 29.4 Å². The van der Waals surface area contributed by atoms with E-state index >= 15 is 0 Å². The predicted molar refractivity (Wildman–Crippen MR) is 120 cm³/mol. The van der Waals surface area contributed by atoms with E-state index in [-0.39, 0.29) is 23.2 Å². The van der Waals surface area contributed by atoms with Gasteiger partial charge >= 0.3 is 0 Å². The fourth-order valence-corrected chi connectivity index (χ4v) is 4.67. The van der Waals surface area contributed by atoms with Gasteiger partial charge in [-0.1, -0.05) is 23.2 Å². The number of fused-ring (bicyclic) bond motifs is 1. The van der Waals surface area contributed by atoms with E-state index in [2.05, 4.69) is 14.8 Å². The molecule has 1 aliphatic heterocycles. The molecule has 1 atom stereocenters. The van der Waals surface area contributed by atoms with Crippen molar-refractivity contribution in [2.24, 2.45) is 0 Å². The van der Waals surface area contributed by atoms with Crippen LogP contribution in [0.2, 0.25) is 10.2 Å². The van der Waals surface area contributed by atoms with E-state index < -0.39 is 10.0 Å². The number of halogens is 2. The molecule has 164 valence electrons. The topological polar surface area (TPSA) is 96.7 Å². The Labute approximate surface area is 190 Å². The third kappa shape index (κ3) is 4.63. The molecule has 0 spiro atoms. The first-order valence-corrected chi connectivity index (χ1v) is 12.4. The summed E-state index contributed by atoms with van der Waals surface area (Å²) in [4.78, 5) is 19.6. The second-order valence-corrected chi connectivity index (χ2v) is 10.2. The van der Waals surface area contributed by atoms with Crippen LogP contribution in [0.1, 0.15) is 46.9 Å². The van der Waals surface area contributed by atoms with Crippen LogP contribution in [-0.4, -0.2) is 46.6 Å². The number of aromatic nitrogens is 3. The number of benzene rings is 1. The molecule has 0 aliphatic carbocycles. The van der Waals surface area contributed by atoms with Gasteiger partial charge in [-0.15, -0.1) is 0 Å². The van der Waals surface area contributed by atoms with E-state index in [1.807, 2.05) is 13.0 Å². The molecule has 0 unspecified atom stereocenters. The fourth-order valence-electron chi connectivity index (χ4n) is 3.79. The van der Waals surface area contributed by atoms with Crippen molar-refractivity contribution in [3.63, 3.8) is 0 Å². The van der Waals surface area contributed by atoms with Crippen molar-refractivity contribution >= 4 is 50.5 Å². The molecule has 2 aromatic heterocycles. The molecule has 1 aliphatic rings. The maximum atomic E-state index is 13.5. The Morgan fingerprint density at radius 2 is 2.00 bits per heavy atom. The second-order valence-electron chi connectivity index (χ2n) is 7.66. The summed E-state index contributed by atoms with van der Waals surface area (Å²) in [6, 6.07) is 6.08. The number of carbonyl (C=O) groups excluding carboxylic acids is 1. The highest BCUT2D eigenvalue weighted by atomic mass is 35.5. The van der Waals surface area contributed by atoms with E-state index in [9.17, 15) is 13.2 Å². The lowest BCUT2D eigenvalue weighted by Gasteiger charge is -2.35. The lowest BCUT2D eigenvalue weighted by molar-refractivity contribution is 0.0607. The normalized spacial score (nSPS) is 17.2. The monoisotopic (exact) mass is 481 g/mol. The molecule has 0 bridgehead atoms. The van der Waals surface area contributed by atoms with Gasteiger partial charge < -0.3 is 4.90 Å². The molecule has 1 saturated heterocycles. The van der Waals surface area contributed by atoms with Crippen LogP contribution in [0.3, 0.4) is 0 Å². The third-order valence-electron chi connectivity index (χ3n) is 5.20. The van der Waals surface area contributed by atoms with E-state index in [1.165, 1.54) is 12.1 Å². The van der Waals surface area contributed by atoms with Crippen LogP contribution in [-0.2, 0) is 10.0 Å². The summed E-state index contributed by atoms with van der Waals surface area (Å²) >= 11 is 12.3. The highest BCUT2D eigenvalue weighted by Gasteiger charge is 2.32. The summed E-state index contributed by atoms with van der Waals surface area (Å²) in [5.74, 6) is -0.308. The Morgan fingerprint density at radius 3 is 2.74 bits per heavy atom. The maximum absolute atomic E-state index is 13.5. The molecular formula is C20H21Cl2N5O3S. The third-order valence-corrected chi connectivity index (χ3v) is 6.41. The summed E-state index contributed by atoms with van der Waals surface area (Å²) in [6.45, 7) is 2.37. The van der Waals surface area contributed by atoms with Crippen LogP contribution in [0.4, 0.5) is 5.69 Å². The van der Waals surface area contributed by atoms with Crippen molar-refractivity contribution in [3.05, 3.63) is 57.5 Å². The van der Waals surface area contributed by atoms with Crippen LogP contribution in [0.5, 0.6) is 0 Å². The lowest BCUT2D eigenvalue weighted by Crippen LogP contribution is -2.39. The number of carbonyl (C=O) groups is 1. The SMILES string of the molecule is Cc1cn2nc([C@@H]3CCCCN3C(=O)c3cc(Cl)ccc3NS(C)(=O)=O)cc2nc1Cl. The van der Waals surface area contributed by atoms with E-state index in [0.717, 1.165) is 31.1 Å². The van der Waals surface area contributed by atoms with Gasteiger partial charge in [0.15, 0.2) is 5.65 Å². The second kappa shape index (κ2) is 8.29. The molecule has 1 N–H and O–H groups in total. The Morgan fingerprint density at radius 1 is 1.23 bits per heavy atom. The average molecular weight is 482 g/mol. The Balaban J connectivity index is 1.73. The van der Waals surface area contributed by atoms with Gasteiger partial charge in [-0.25, -0.2) is 17.9 Å². The zero-order chi connectivity index (χ0) is 22.3. The standard InChI is InChI=1S/C20H21Cl2N5O3S/c1-12-11-27-18(23-19(12)22)10-16(24-27)17-5-3-4-8-26(17)20(28)14-9-13(21)6-7-15(14)25-31(2,29)30/h6-7,9-11,17,25H,3-5,8H2,1-2H3/t17-/m0/s1. The van der Waals surface area contributed by atoms with Gasteiger partial charge in [-0.05, 0) is 44.4 Å². The van der Waals surface area contributed by atoms with Crippen LogP contribution in [0.25, 0.3) is 5.65 Å². The van der Waals surface area contributed by atoms with Gasteiger partial charge in [0.25, 0.3) is 5.91 Å². The predicted octanol–water partition coefficient (Wildman–Crippen LogP) is 4.08. The number of likely N-dealkylation sites (tertiary alicyclic amines) is 1. The molecule has 1 fully saturated rings. The zero-order valence-electron chi connectivity index (χ0n) is 17.0. The van der Waals surface area contributed by atoms with E-state index in [0.29, 0.717) is 28.1 Å². The summed E-state index contributed by atoms with van der Waals surface area (Å²) in [5.41, 5.74) is 2.51. The average Bonchev–Trinajstić information content (AvgIpc) is 3.10. The first kappa shape index (κ1) is 21.9. The number of nitrogens with zero attached hydrogens (tertiary/aromatic N) is 4. The Hall–Kier alpha value is -2.36. The summed E-state index contributed by atoms with van der Waals surface area (Å²) in [5, 5.41) is 5.38. The number of amides is 1. The fraction of sp³-hybridized carbons (Fsp3) is 0.350. The number of sulfonamides is 1. The van der Waals surface area contributed by atoms with Crippen LogP contribution >= 0.6 is 23.2 Å². The Kier molecular flexibility index (Phi) is 5.85. The van der Waals surface area contributed by atoms with Crippen molar-refractivity contribution in [2.45, 2.75) is 32.2 Å². The molecule has 31 heavy (non-hydrogen) atoms. The molecule has 0 radical (unpaired) electrons. The first-order valence-electron chi connectivity index (χ1n) is 9.73. The molecule has 1 aromatic carbocycles. The molecule has 8 nitrogen and oxygen atoms in total. The number of piperidine rings is 1. The minimum absolute atomic E-state index is 0.195. The summed E-state index contributed by atoms with van der Waals surface area (Å²) < 4.78 is 27.6. The van der Waals surface area contributed by atoms with Crippen LogP contribution in [0, 0.1) is 6.92 Å². The van der Waals surface area contributed by atoms with Gasteiger partial charge in [0.05, 0.1) is 29.2 Å². The highest BCUT2D eigenvalue weighted by Crippen LogP contribution is 2.34. The number of hydrogen-bond acceptors (Lipinski definition) is 5. The van der Waals surface area contributed by atoms with Crippen molar-refractivity contribution in [1.82, 2.24) is 19.5 Å². The number of anilines is 1. The van der Waals surface area contributed by atoms with Crippen LogP contribution in [0.15, 0.2) is 30.5 Å². The Bertz CT molecular complexity index is 1240. The van der Waals surface area contributed by atoms with Crippen molar-refractivity contribution in [3.8, 4) is 0 Å². The molecule has 11 heteroatoms. The smallest absolute Gasteiger partial charge is 0.256 e. The number of nitrogens with one attached hydrogen (secondary N) is 1. The first-order chi connectivity index (χ1) is 14.6. The largest absolute Gasteiger partial charge is 0.330 e. The minimum Gasteiger partial charge on any atom is -0.330 e. The van der Waals surface area contributed by atoms with Crippen molar-refractivity contribution in [1.29, 1.82) is 0 Å². The van der Waals surface area contributed by atoms with Crippen LogP contribution < -0.4 is 4.72 Å². The highest BCUT2D eigenvalue weighted by molar-refractivity contribution is 7.92. The molecule has 3 aromatic rings.